The van der Waals surface area contributed by atoms with Crippen molar-refractivity contribution in [1.29, 1.82) is 0 Å². The Labute approximate surface area is 139 Å². The van der Waals surface area contributed by atoms with E-state index in [2.05, 4.69) is 5.32 Å². The summed E-state index contributed by atoms with van der Waals surface area (Å²) in [5, 5.41) is 3.30. The van der Waals surface area contributed by atoms with E-state index in [9.17, 15) is 9.59 Å². The number of hydrogen-bond donors (Lipinski definition) is 2. The topological polar surface area (TPSA) is 81.4 Å². The minimum atomic E-state index is -0.578. The molecule has 1 amide bonds. The van der Waals surface area contributed by atoms with Crippen molar-refractivity contribution >= 4 is 29.2 Å². The summed E-state index contributed by atoms with van der Waals surface area (Å²) in [6, 6.07) is 13.2. The fourth-order valence-electron chi connectivity index (χ4n) is 2.02. The summed E-state index contributed by atoms with van der Waals surface area (Å²) in [7, 11) is 0. The Morgan fingerprint density at radius 1 is 1.17 bits per heavy atom. The van der Waals surface area contributed by atoms with E-state index < -0.39 is 11.9 Å². The van der Waals surface area contributed by atoms with Gasteiger partial charge in [0.25, 0.3) is 5.91 Å². The number of halogens is 1. The Kier molecular flexibility index (Phi) is 5.60. The van der Waals surface area contributed by atoms with E-state index in [1.165, 1.54) is 0 Å². The van der Waals surface area contributed by atoms with Gasteiger partial charge in [0.2, 0.25) is 0 Å². The van der Waals surface area contributed by atoms with Crippen LogP contribution in [0.25, 0.3) is 0 Å². The number of rotatable bonds is 5. The van der Waals surface area contributed by atoms with Gasteiger partial charge >= 0.3 is 5.97 Å². The maximum absolute atomic E-state index is 11.9. The Morgan fingerprint density at radius 2 is 1.83 bits per heavy atom. The first kappa shape index (κ1) is 16.8. The zero-order valence-corrected chi connectivity index (χ0v) is 13.3. The summed E-state index contributed by atoms with van der Waals surface area (Å²) in [5.41, 5.74) is 7.23. The van der Waals surface area contributed by atoms with Gasteiger partial charge < -0.3 is 15.8 Å². The fourth-order valence-corrected chi connectivity index (χ4v) is 2.32. The van der Waals surface area contributed by atoms with Crippen molar-refractivity contribution in [2.75, 3.05) is 12.3 Å². The van der Waals surface area contributed by atoms with Gasteiger partial charge in [0, 0.05) is 10.7 Å². The van der Waals surface area contributed by atoms with E-state index in [1.54, 1.807) is 37.3 Å². The average molecular weight is 333 g/mol. The second kappa shape index (κ2) is 7.65. The van der Waals surface area contributed by atoms with Crippen LogP contribution in [0.3, 0.4) is 0 Å². The standard InChI is InChI=1S/C17H17ClN2O3/c1-11(14-4-2-3-5-15(14)18)20-16(21)10-23-17(22)12-6-8-13(19)9-7-12/h2-9,11H,10,19H2,1H3,(H,20,21)/t11-/m0/s1. The lowest BCUT2D eigenvalue weighted by Crippen LogP contribution is -2.31. The van der Waals surface area contributed by atoms with Gasteiger partial charge in [-0.05, 0) is 42.8 Å². The number of carbonyl (C=O) groups excluding carboxylic acids is 2. The third kappa shape index (κ3) is 4.72. The third-order valence-corrected chi connectivity index (χ3v) is 3.57. The normalized spacial score (nSPS) is 11.6. The molecule has 1 atom stereocenters. The van der Waals surface area contributed by atoms with Crippen molar-refractivity contribution in [2.45, 2.75) is 13.0 Å². The van der Waals surface area contributed by atoms with Crippen LogP contribution in [0.1, 0.15) is 28.9 Å². The molecule has 2 aromatic rings. The molecule has 0 spiro atoms. The van der Waals surface area contributed by atoms with Crippen LogP contribution in [0.4, 0.5) is 5.69 Å². The van der Waals surface area contributed by atoms with E-state index in [1.807, 2.05) is 18.2 Å². The largest absolute Gasteiger partial charge is 0.452 e. The van der Waals surface area contributed by atoms with Crippen LogP contribution in [0.15, 0.2) is 48.5 Å². The predicted octanol–water partition coefficient (Wildman–Crippen LogP) is 2.96. The summed E-state index contributed by atoms with van der Waals surface area (Å²) >= 11 is 6.08. The zero-order chi connectivity index (χ0) is 16.8. The molecule has 0 fully saturated rings. The highest BCUT2D eigenvalue weighted by atomic mass is 35.5. The molecule has 0 aliphatic heterocycles. The number of benzene rings is 2. The van der Waals surface area contributed by atoms with Gasteiger partial charge in [0.15, 0.2) is 6.61 Å². The van der Waals surface area contributed by atoms with Crippen LogP contribution < -0.4 is 11.1 Å². The zero-order valence-electron chi connectivity index (χ0n) is 12.6. The molecule has 5 nitrogen and oxygen atoms in total. The van der Waals surface area contributed by atoms with Gasteiger partial charge in [-0.15, -0.1) is 0 Å². The van der Waals surface area contributed by atoms with E-state index >= 15 is 0 Å². The van der Waals surface area contributed by atoms with Crippen LogP contribution in [0.5, 0.6) is 0 Å². The van der Waals surface area contributed by atoms with Crippen LogP contribution in [-0.4, -0.2) is 18.5 Å². The lowest BCUT2D eigenvalue weighted by molar-refractivity contribution is -0.124. The van der Waals surface area contributed by atoms with E-state index in [4.69, 9.17) is 22.1 Å². The van der Waals surface area contributed by atoms with Crippen molar-refractivity contribution in [2.24, 2.45) is 0 Å². The van der Waals surface area contributed by atoms with Gasteiger partial charge in [-0.2, -0.15) is 0 Å². The van der Waals surface area contributed by atoms with E-state index in [-0.39, 0.29) is 12.6 Å². The first-order chi connectivity index (χ1) is 11.0. The maximum atomic E-state index is 11.9. The molecule has 0 aliphatic rings. The van der Waals surface area contributed by atoms with Crippen LogP contribution in [0, 0.1) is 0 Å². The van der Waals surface area contributed by atoms with E-state index in [0.29, 0.717) is 16.3 Å². The number of carbonyl (C=O) groups is 2. The molecule has 2 aromatic carbocycles. The number of nitrogen functional groups attached to an aromatic ring is 1. The lowest BCUT2D eigenvalue weighted by atomic mass is 10.1. The average Bonchev–Trinajstić information content (AvgIpc) is 2.53. The van der Waals surface area contributed by atoms with Crippen molar-refractivity contribution in [3.63, 3.8) is 0 Å². The second-order valence-corrected chi connectivity index (χ2v) is 5.42. The fraction of sp³-hybridized carbons (Fsp3) is 0.176. The number of amides is 1. The number of nitrogens with one attached hydrogen (secondary N) is 1. The monoisotopic (exact) mass is 332 g/mol. The Balaban J connectivity index is 1.86. The molecule has 0 saturated heterocycles. The van der Waals surface area contributed by atoms with Gasteiger partial charge in [-0.3, -0.25) is 4.79 Å². The van der Waals surface area contributed by atoms with Gasteiger partial charge in [0.05, 0.1) is 11.6 Å². The molecule has 6 heteroatoms. The summed E-state index contributed by atoms with van der Waals surface area (Å²) < 4.78 is 4.97. The highest BCUT2D eigenvalue weighted by Gasteiger charge is 2.14. The first-order valence-corrected chi connectivity index (χ1v) is 7.41. The van der Waals surface area contributed by atoms with Gasteiger partial charge in [-0.1, -0.05) is 29.8 Å². The second-order valence-electron chi connectivity index (χ2n) is 5.01. The summed E-state index contributed by atoms with van der Waals surface area (Å²) in [6.45, 7) is 1.44. The van der Waals surface area contributed by atoms with Crippen LogP contribution in [-0.2, 0) is 9.53 Å². The summed E-state index contributed by atoms with van der Waals surface area (Å²) in [4.78, 5) is 23.7. The molecule has 120 valence electrons. The highest BCUT2D eigenvalue weighted by Crippen LogP contribution is 2.21. The smallest absolute Gasteiger partial charge is 0.338 e. The number of hydrogen-bond acceptors (Lipinski definition) is 4. The molecular formula is C17H17ClN2O3. The Morgan fingerprint density at radius 3 is 2.48 bits per heavy atom. The summed E-state index contributed by atoms with van der Waals surface area (Å²) in [6.07, 6.45) is 0. The van der Waals surface area contributed by atoms with Crippen molar-refractivity contribution in [3.8, 4) is 0 Å². The lowest BCUT2D eigenvalue weighted by Gasteiger charge is -2.15. The van der Waals surface area contributed by atoms with Gasteiger partial charge in [-0.25, -0.2) is 4.79 Å². The van der Waals surface area contributed by atoms with E-state index in [0.717, 1.165) is 5.56 Å². The molecular weight excluding hydrogens is 316 g/mol. The number of nitrogens with two attached hydrogens (primary N) is 1. The van der Waals surface area contributed by atoms with Crippen LogP contribution >= 0.6 is 11.6 Å². The third-order valence-electron chi connectivity index (χ3n) is 3.23. The molecule has 0 radical (unpaired) electrons. The Hall–Kier alpha value is -2.53. The molecule has 0 bridgehead atoms. The molecule has 0 aromatic heterocycles. The van der Waals surface area contributed by atoms with Crippen LogP contribution in [0.2, 0.25) is 5.02 Å². The van der Waals surface area contributed by atoms with Crippen molar-refractivity contribution in [1.82, 2.24) is 5.32 Å². The van der Waals surface area contributed by atoms with Crippen molar-refractivity contribution < 1.29 is 14.3 Å². The molecule has 2 rings (SSSR count). The SMILES string of the molecule is C[C@H](NC(=O)COC(=O)c1ccc(N)cc1)c1ccccc1Cl. The summed E-state index contributed by atoms with van der Waals surface area (Å²) in [5.74, 6) is -0.980. The minimum Gasteiger partial charge on any atom is -0.452 e. The Bertz CT molecular complexity index is 701. The highest BCUT2D eigenvalue weighted by molar-refractivity contribution is 6.31. The van der Waals surface area contributed by atoms with Crippen molar-refractivity contribution in [3.05, 3.63) is 64.7 Å². The molecule has 0 aliphatic carbocycles. The predicted molar refractivity (Wildman–Crippen MR) is 89.1 cm³/mol. The molecule has 3 N–H and O–H groups in total. The molecule has 0 unspecified atom stereocenters. The number of ether oxygens (including phenoxy) is 1. The molecule has 0 heterocycles. The number of esters is 1. The maximum Gasteiger partial charge on any atom is 0.338 e. The quantitative estimate of drug-likeness (QED) is 0.651. The van der Waals surface area contributed by atoms with Gasteiger partial charge in [0.1, 0.15) is 0 Å². The number of anilines is 1. The molecule has 0 saturated carbocycles. The minimum absolute atomic E-state index is 0.286. The molecule has 23 heavy (non-hydrogen) atoms. The first-order valence-electron chi connectivity index (χ1n) is 7.04.